The molecule has 0 saturated carbocycles. The van der Waals surface area contributed by atoms with Gasteiger partial charge in [0, 0.05) is 12.2 Å². The molecular formula is C19H22N2O3. The van der Waals surface area contributed by atoms with E-state index in [0.29, 0.717) is 12.5 Å². The highest BCUT2D eigenvalue weighted by molar-refractivity contribution is 5.91. The van der Waals surface area contributed by atoms with Crippen LogP contribution in [0.5, 0.6) is 11.5 Å². The van der Waals surface area contributed by atoms with Crippen molar-refractivity contribution < 1.29 is 14.3 Å². The molecule has 0 aliphatic carbocycles. The molecule has 1 aliphatic heterocycles. The Morgan fingerprint density at radius 2 is 1.96 bits per heavy atom. The number of ether oxygens (including phenoxy) is 2. The molecule has 0 saturated heterocycles. The molecule has 2 aromatic rings. The molecule has 0 radical (unpaired) electrons. The average Bonchev–Trinajstić information content (AvgIpc) is 3.02. The molecular weight excluding hydrogens is 304 g/mol. The lowest BCUT2D eigenvalue weighted by Gasteiger charge is -2.17. The van der Waals surface area contributed by atoms with Crippen LogP contribution in [0.4, 0.5) is 10.5 Å². The molecule has 24 heavy (non-hydrogen) atoms. The molecule has 0 aromatic heterocycles. The van der Waals surface area contributed by atoms with Crippen LogP contribution >= 0.6 is 0 Å². The second kappa shape index (κ2) is 6.83. The lowest BCUT2D eigenvalue weighted by Crippen LogP contribution is -2.29. The molecule has 0 atom stereocenters. The van der Waals surface area contributed by atoms with Crippen LogP contribution in [0.1, 0.15) is 36.5 Å². The van der Waals surface area contributed by atoms with Crippen LogP contribution in [0.2, 0.25) is 0 Å². The SMILES string of the molecule is Cc1cccc(C(C)C)c1NC(=O)NCc1ccc2c(c1)OCO2. The zero-order chi connectivity index (χ0) is 17.1. The van der Waals surface area contributed by atoms with Gasteiger partial charge >= 0.3 is 6.03 Å². The predicted molar refractivity (Wildman–Crippen MR) is 93.7 cm³/mol. The number of fused-ring (bicyclic) bond motifs is 1. The van der Waals surface area contributed by atoms with Gasteiger partial charge in [-0.25, -0.2) is 4.79 Å². The highest BCUT2D eigenvalue weighted by Crippen LogP contribution is 2.32. The Morgan fingerprint density at radius 3 is 2.75 bits per heavy atom. The molecule has 2 aromatic carbocycles. The molecule has 2 N–H and O–H groups in total. The Kier molecular flexibility index (Phi) is 4.60. The quantitative estimate of drug-likeness (QED) is 0.886. The third-order valence-corrected chi connectivity index (χ3v) is 4.06. The lowest BCUT2D eigenvalue weighted by atomic mass is 9.98. The first-order chi connectivity index (χ1) is 11.5. The third kappa shape index (κ3) is 3.45. The molecule has 5 nitrogen and oxygen atoms in total. The smallest absolute Gasteiger partial charge is 0.319 e. The number of carbonyl (C=O) groups is 1. The second-order valence-electron chi connectivity index (χ2n) is 6.19. The van der Waals surface area contributed by atoms with E-state index in [1.54, 1.807) is 0 Å². The van der Waals surface area contributed by atoms with E-state index in [9.17, 15) is 4.79 Å². The minimum atomic E-state index is -0.219. The van der Waals surface area contributed by atoms with Gasteiger partial charge < -0.3 is 20.1 Å². The topological polar surface area (TPSA) is 59.6 Å². The van der Waals surface area contributed by atoms with Crippen LogP contribution in [0.3, 0.4) is 0 Å². The summed E-state index contributed by atoms with van der Waals surface area (Å²) in [6, 6.07) is 11.5. The normalized spacial score (nSPS) is 12.3. The van der Waals surface area contributed by atoms with Crippen LogP contribution in [0, 0.1) is 6.92 Å². The van der Waals surface area contributed by atoms with Gasteiger partial charge in [-0.2, -0.15) is 0 Å². The van der Waals surface area contributed by atoms with Gasteiger partial charge in [0.2, 0.25) is 6.79 Å². The number of anilines is 1. The van der Waals surface area contributed by atoms with Gasteiger partial charge in [0.1, 0.15) is 0 Å². The number of para-hydroxylation sites is 1. The summed E-state index contributed by atoms with van der Waals surface area (Å²) < 4.78 is 10.6. The number of nitrogens with one attached hydrogen (secondary N) is 2. The molecule has 5 heteroatoms. The van der Waals surface area contributed by atoms with Gasteiger partial charge in [0.15, 0.2) is 11.5 Å². The average molecular weight is 326 g/mol. The molecule has 3 rings (SSSR count). The molecule has 0 unspecified atom stereocenters. The summed E-state index contributed by atoms with van der Waals surface area (Å²) in [5.41, 5.74) is 4.03. The number of benzene rings is 2. The maximum absolute atomic E-state index is 12.3. The largest absolute Gasteiger partial charge is 0.454 e. The van der Waals surface area contributed by atoms with Crippen molar-refractivity contribution in [3.05, 3.63) is 53.1 Å². The number of carbonyl (C=O) groups excluding carboxylic acids is 1. The summed E-state index contributed by atoms with van der Waals surface area (Å²) in [6.45, 7) is 6.90. The fraction of sp³-hybridized carbons (Fsp3) is 0.316. The summed E-state index contributed by atoms with van der Waals surface area (Å²) in [7, 11) is 0. The minimum absolute atomic E-state index is 0.219. The number of aryl methyl sites for hydroxylation is 1. The van der Waals surface area contributed by atoms with Crippen LogP contribution in [0.25, 0.3) is 0 Å². The van der Waals surface area contributed by atoms with Crippen LogP contribution in [0.15, 0.2) is 36.4 Å². The summed E-state index contributed by atoms with van der Waals surface area (Å²) in [5.74, 6) is 1.80. The third-order valence-electron chi connectivity index (χ3n) is 4.06. The van der Waals surface area contributed by atoms with Crippen LogP contribution < -0.4 is 20.1 Å². The Bertz CT molecular complexity index is 756. The molecule has 0 bridgehead atoms. The molecule has 2 amide bonds. The highest BCUT2D eigenvalue weighted by atomic mass is 16.7. The van der Waals surface area contributed by atoms with E-state index in [1.165, 1.54) is 0 Å². The Balaban J connectivity index is 1.64. The fourth-order valence-corrected chi connectivity index (χ4v) is 2.73. The maximum atomic E-state index is 12.3. The van der Waals surface area contributed by atoms with Crippen LogP contribution in [-0.2, 0) is 6.54 Å². The first-order valence-corrected chi connectivity index (χ1v) is 8.07. The number of urea groups is 1. The van der Waals surface area contributed by atoms with Crippen molar-refractivity contribution in [2.75, 3.05) is 12.1 Å². The van der Waals surface area contributed by atoms with Gasteiger partial charge in [-0.3, -0.25) is 0 Å². The first kappa shape index (κ1) is 16.2. The number of hydrogen-bond acceptors (Lipinski definition) is 3. The zero-order valence-corrected chi connectivity index (χ0v) is 14.2. The minimum Gasteiger partial charge on any atom is -0.454 e. The van der Waals surface area contributed by atoms with E-state index in [2.05, 4.69) is 24.5 Å². The summed E-state index contributed by atoms with van der Waals surface area (Å²) in [4.78, 5) is 12.3. The van der Waals surface area contributed by atoms with Gasteiger partial charge in [-0.15, -0.1) is 0 Å². The standard InChI is InChI=1S/C19H22N2O3/c1-12(2)15-6-4-5-13(3)18(15)21-19(22)20-10-14-7-8-16-17(9-14)24-11-23-16/h4-9,12H,10-11H2,1-3H3,(H2,20,21,22). The first-order valence-electron chi connectivity index (χ1n) is 8.07. The molecule has 0 spiro atoms. The van der Waals surface area contributed by atoms with E-state index in [1.807, 2.05) is 43.3 Å². The van der Waals surface area contributed by atoms with Crippen molar-refractivity contribution in [1.29, 1.82) is 0 Å². The number of hydrogen-bond donors (Lipinski definition) is 2. The van der Waals surface area contributed by atoms with Crippen molar-refractivity contribution in [1.82, 2.24) is 5.32 Å². The number of amides is 2. The zero-order valence-electron chi connectivity index (χ0n) is 14.2. The van der Waals surface area contributed by atoms with Crippen molar-refractivity contribution in [3.8, 4) is 11.5 Å². The van der Waals surface area contributed by atoms with Gasteiger partial charge in [0.05, 0.1) is 0 Å². The molecule has 1 aliphatic rings. The van der Waals surface area contributed by atoms with E-state index < -0.39 is 0 Å². The van der Waals surface area contributed by atoms with Crippen molar-refractivity contribution in [2.24, 2.45) is 0 Å². The molecule has 126 valence electrons. The molecule has 0 fully saturated rings. The summed E-state index contributed by atoms with van der Waals surface area (Å²) in [6.07, 6.45) is 0. The van der Waals surface area contributed by atoms with Gasteiger partial charge in [-0.05, 0) is 41.7 Å². The van der Waals surface area contributed by atoms with Gasteiger partial charge in [0.25, 0.3) is 0 Å². The van der Waals surface area contributed by atoms with Crippen molar-refractivity contribution in [3.63, 3.8) is 0 Å². The van der Waals surface area contributed by atoms with E-state index in [4.69, 9.17) is 9.47 Å². The Labute approximate surface area is 142 Å². The second-order valence-corrected chi connectivity index (χ2v) is 6.19. The predicted octanol–water partition coefficient (Wildman–Crippen LogP) is 4.17. The Morgan fingerprint density at radius 1 is 1.17 bits per heavy atom. The van der Waals surface area contributed by atoms with E-state index >= 15 is 0 Å². The Hall–Kier alpha value is -2.69. The molecule has 1 heterocycles. The van der Waals surface area contributed by atoms with Crippen molar-refractivity contribution in [2.45, 2.75) is 33.2 Å². The summed E-state index contributed by atoms with van der Waals surface area (Å²) in [5, 5.41) is 5.86. The number of rotatable bonds is 4. The van der Waals surface area contributed by atoms with Crippen molar-refractivity contribution >= 4 is 11.7 Å². The van der Waals surface area contributed by atoms with E-state index in [-0.39, 0.29) is 12.8 Å². The van der Waals surface area contributed by atoms with Gasteiger partial charge in [-0.1, -0.05) is 38.1 Å². The van der Waals surface area contributed by atoms with E-state index in [0.717, 1.165) is 33.9 Å². The highest BCUT2D eigenvalue weighted by Gasteiger charge is 2.14. The fourth-order valence-electron chi connectivity index (χ4n) is 2.73. The summed E-state index contributed by atoms with van der Waals surface area (Å²) >= 11 is 0. The van der Waals surface area contributed by atoms with Crippen LogP contribution in [-0.4, -0.2) is 12.8 Å². The monoisotopic (exact) mass is 326 g/mol. The maximum Gasteiger partial charge on any atom is 0.319 e. The lowest BCUT2D eigenvalue weighted by molar-refractivity contribution is 0.174.